The highest BCUT2D eigenvalue weighted by Crippen LogP contribution is 2.42. The zero-order valence-electron chi connectivity index (χ0n) is 18.5. The molecule has 2 aliphatic heterocycles. The number of likely N-dealkylation sites (tertiary alicyclic amines) is 1. The molecule has 1 spiro atoms. The fourth-order valence-electron chi connectivity index (χ4n) is 4.21. The lowest BCUT2D eigenvalue weighted by molar-refractivity contribution is -0.151. The Kier molecular flexibility index (Phi) is 6.71. The molecule has 1 aromatic carbocycles. The normalized spacial score (nSPS) is 18.7. The molecule has 0 atom stereocenters. The van der Waals surface area contributed by atoms with Crippen molar-refractivity contribution >= 4 is 17.6 Å². The number of esters is 1. The minimum Gasteiger partial charge on any atom is -0.494 e. The van der Waals surface area contributed by atoms with Crippen LogP contribution in [0.4, 0.5) is 5.69 Å². The van der Waals surface area contributed by atoms with Crippen LogP contribution in [0.1, 0.15) is 47.5 Å². The summed E-state index contributed by atoms with van der Waals surface area (Å²) in [7, 11) is 0. The maximum atomic E-state index is 13.4. The molecule has 0 bridgehead atoms. The first-order valence-electron chi connectivity index (χ1n) is 10.7. The van der Waals surface area contributed by atoms with Crippen LogP contribution in [0.25, 0.3) is 0 Å². The lowest BCUT2D eigenvalue weighted by Gasteiger charge is -2.40. The van der Waals surface area contributed by atoms with Crippen molar-refractivity contribution in [3.8, 4) is 11.5 Å². The first kappa shape index (κ1) is 22.2. The molecule has 0 aromatic heterocycles. The molecule has 1 saturated heterocycles. The summed E-state index contributed by atoms with van der Waals surface area (Å²) in [6.07, 6.45) is 1.21. The maximum Gasteiger partial charge on any atom is 0.335 e. The van der Waals surface area contributed by atoms with E-state index < -0.39 is 11.6 Å². The summed E-state index contributed by atoms with van der Waals surface area (Å²) in [5.74, 6) is 0.458. The van der Waals surface area contributed by atoms with E-state index in [2.05, 4.69) is 24.1 Å². The molecule has 0 saturated carbocycles. The Morgan fingerprint density at radius 1 is 1.20 bits per heavy atom. The Hall–Kier alpha value is -2.54. The number of ether oxygens (including phenoxy) is 3. The second-order valence-corrected chi connectivity index (χ2v) is 7.99. The van der Waals surface area contributed by atoms with Gasteiger partial charge in [-0.05, 0) is 46.8 Å². The van der Waals surface area contributed by atoms with Crippen LogP contribution in [0.2, 0.25) is 0 Å². The summed E-state index contributed by atoms with van der Waals surface area (Å²) < 4.78 is 17.0. The smallest absolute Gasteiger partial charge is 0.335 e. The molecule has 30 heavy (non-hydrogen) atoms. The molecular formula is C23H32N2O5. The Morgan fingerprint density at radius 2 is 1.87 bits per heavy atom. The van der Waals surface area contributed by atoms with Crippen LogP contribution in [-0.2, 0) is 14.3 Å². The number of nitrogens with one attached hydrogen (secondary N) is 1. The Morgan fingerprint density at radius 3 is 2.47 bits per heavy atom. The van der Waals surface area contributed by atoms with Crippen LogP contribution in [-0.4, -0.2) is 54.7 Å². The number of piperidine rings is 1. The zero-order valence-corrected chi connectivity index (χ0v) is 18.5. The van der Waals surface area contributed by atoms with Gasteiger partial charge in [-0.15, -0.1) is 0 Å². The van der Waals surface area contributed by atoms with Crippen LogP contribution in [0.5, 0.6) is 11.5 Å². The third kappa shape index (κ3) is 4.31. The van der Waals surface area contributed by atoms with E-state index in [0.717, 1.165) is 13.1 Å². The van der Waals surface area contributed by atoms with Gasteiger partial charge in [0.25, 0.3) is 5.91 Å². The van der Waals surface area contributed by atoms with Crippen molar-refractivity contribution in [1.82, 2.24) is 4.90 Å². The van der Waals surface area contributed by atoms with Crippen molar-refractivity contribution < 1.29 is 23.8 Å². The SMILES string of the molecule is CCOc1ccc(OCC)c(NC(=O)C2=C(C)C(=O)OC23CCN(C(C)C)CC3)c1. The molecule has 7 nitrogen and oxygen atoms in total. The Labute approximate surface area is 178 Å². The lowest BCUT2D eigenvalue weighted by Crippen LogP contribution is -2.49. The highest BCUT2D eigenvalue weighted by Gasteiger charge is 2.51. The molecule has 2 heterocycles. The number of anilines is 1. The molecule has 7 heteroatoms. The summed E-state index contributed by atoms with van der Waals surface area (Å²) in [6.45, 7) is 12.3. The van der Waals surface area contributed by atoms with Crippen molar-refractivity contribution in [2.75, 3.05) is 31.6 Å². The molecule has 3 rings (SSSR count). The van der Waals surface area contributed by atoms with Gasteiger partial charge in [0.2, 0.25) is 0 Å². The van der Waals surface area contributed by atoms with Gasteiger partial charge in [0.05, 0.1) is 24.5 Å². The highest BCUT2D eigenvalue weighted by molar-refractivity contribution is 6.13. The fraction of sp³-hybridized carbons (Fsp3) is 0.565. The molecule has 164 valence electrons. The summed E-state index contributed by atoms with van der Waals surface area (Å²) in [5.41, 5.74) is 0.465. The molecule has 1 aromatic rings. The van der Waals surface area contributed by atoms with Crippen molar-refractivity contribution in [1.29, 1.82) is 0 Å². The molecule has 1 N–H and O–H groups in total. The predicted molar refractivity (Wildman–Crippen MR) is 115 cm³/mol. The van der Waals surface area contributed by atoms with Gasteiger partial charge in [0.1, 0.15) is 17.1 Å². The van der Waals surface area contributed by atoms with E-state index in [1.165, 1.54) is 0 Å². The van der Waals surface area contributed by atoms with Gasteiger partial charge in [-0.1, -0.05) is 0 Å². The second kappa shape index (κ2) is 9.08. The number of nitrogens with zero attached hydrogens (tertiary/aromatic N) is 1. The molecule has 0 radical (unpaired) electrons. The van der Waals surface area contributed by atoms with E-state index in [4.69, 9.17) is 14.2 Å². The number of hydrogen-bond acceptors (Lipinski definition) is 6. The molecule has 1 amide bonds. The summed E-state index contributed by atoms with van der Waals surface area (Å²) >= 11 is 0. The average Bonchev–Trinajstić information content (AvgIpc) is 2.94. The van der Waals surface area contributed by atoms with Crippen LogP contribution in [0.3, 0.4) is 0 Å². The van der Waals surface area contributed by atoms with Gasteiger partial charge in [0, 0.05) is 43.6 Å². The van der Waals surface area contributed by atoms with Crippen LogP contribution in [0, 0.1) is 0 Å². The van der Waals surface area contributed by atoms with Crippen molar-refractivity contribution in [2.45, 2.75) is 59.1 Å². The van der Waals surface area contributed by atoms with Crippen molar-refractivity contribution in [3.05, 3.63) is 29.3 Å². The van der Waals surface area contributed by atoms with Gasteiger partial charge >= 0.3 is 5.97 Å². The number of benzene rings is 1. The number of carbonyl (C=O) groups excluding carboxylic acids is 2. The standard InChI is InChI=1S/C23H32N2O5/c1-6-28-17-8-9-19(29-7-2)18(14-17)24-21(26)20-16(5)22(27)30-23(20)10-12-25(13-11-23)15(3)4/h8-9,14-15H,6-7,10-13H2,1-5H3,(H,24,26). The number of hydrogen-bond donors (Lipinski definition) is 1. The quantitative estimate of drug-likeness (QED) is 0.685. The molecule has 0 unspecified atom stereocenters. The van der Waals surface area contributed by atoms with Crippen LogP contribution < -0.4 is 14.8 Å². The van der Waals surface area contributed by atoms with Crippen molar-refractivity contribution in [2.24, 2.45) is 0 Å². The zero-order chi connectivity index (χ0) is 21.9. The Bertz CT molecular complexity index is 838. The van der Waals surface area contributed by atoms with Crippen LogP contribution >= 0.6 is 0 Å². The number of rotatable bonds is 7. The Balaban J connectivity index is 1.88. The first-order valence-corrected chi connectivity index (χ1v) is 10.7. The molecule has 2 aliphatic rings. The van der Waals surface area contributed by atoms with E-state index in [-0.39, 0.29) is 5.91 Å². The first-order chi connectivity index (χ1) is 14.3. The van der Waals surface area contributed by atoms with E-state index in [0.29, 0.717) is 60.4 Å². The van der Waals surface area contributed by atoms with Gasteiger partial charge in [0.15, 0.2) is 0 Å². The number of carbonyl (C=O) groups is 2. The van der Waals surface area contributed by atoms with E-state index in [9.17, 15) is 9.59 Å². The maximum absolute atomic E-state index is 13.4. The van der Waals surface area contributed by atoms with Gasteiger partial charge in [-0.25, -0.2) is 4.79 Å². The topological polar surface area (TPSA) is 77.1 Å². The monoisotopic (exact) mass is 416 g/mol. The van der Waals surface area contributed by atoms with Gasteiger partial charge in [-0.2, -0.15) is 0 Å². The van der Waals surface area contributed by atoms with Gasteiger partial charge in [-0.3, -0.25) is 4.79 Å². The summed E-state index contributed by atoms with van der Waals surface area (Å²) in [6, 6.07) is 5.74. The molecule has 1 fully saturated rings. The van der Waals surface area contributed by atoms with E-state index >= 15 is 0 Å². The van der Waals surface area contributed by atoms with E-state index in [1.807, 2.05) is 13.8 Å². The van der Waals surface area contributed by atoms with E-state index in [1.54, 1.807) is 25.1 Å². The predicted octanol–water partition coefficient (Wildman–Crippen LogP) is 3.54. The highest BCUT2D eigenvalue weighted by atomic mass is 16.6. The second-order valence-electron chi connectivity index (χ2n) is 7.99. The third-order valence-electron chi connectivity index (χ3n) is 5.80. The largest absolute Gasteiger partial charge is 0.494 e. The molecule has 0 aliphatic carbocycles. The molecular weight excluding hydrogens is 384 g/mol. The third-order valence-corrected chi connectivity index (χ3v) is 5.80. The fourth-order valence-corrected chi connectivity index (χ4v) is 4.21. The minimum atomic E-state index is -0.861. The average molecular weight is 417 g/mol. The number of amides is 1. The summed E-state index contributed by atoms with van der Waals surface area (Å²) in [5, 5.41) is 2.94. The summed E-state index contributed by atoms with van der Waals surface area (Å²) in [4.78, 5) is 28.1. The van der Waals surface area contributed by atoms with Crippen LogP contribution in [0.15, 0.2) is 29.3 Å². The minimum absolute atomic E-state index is 0.328. The lowest BCUT2D eigenvalue weighted by atomic mass is 9.82. The van der Waals surface area contributed by atoms with Crippen molar-refractivity contribution in [3.63, 3.8) is 0 Å². The van der Waals surface area contributed by atoms with Gasteiger partial charge < -0.3 is 24.4 Å².